The number of carbonyl (C=O) groups is 1. The Balaban J connectivity index is 2.08. The molecule has 0 N–H and O–H groups in total. The zero-order valence-electron chi connectivity index (χ0n) is 12.7. The Bertz CT molecular complexity index is 547. The molecule has 0 fully saturated rings. The molecule has 0 saturated carbocycles. The van der Waals surface area contributed by atoms with E-state index in [0.717, 1.165) is 11.6 Å². The summed E-state index contributed by atoms with van der Waals surface area (Å²) >= 11 is 0. The Morgan fingerprint density at radius 3 is 2.05 bits per heavy atom. The Kier molecular flexibility index (Phi) is 5.10. The van der Waals surface area contributed by atoms with Crippen LogP contribution in [0.5, 0.6) is 0 Å². The molecule has 0 amide bonds. The van der Waals surface area contributed by atoms with E-state index in [0.29, 0.717) is 19.9 Å². The minimum absolute atomic E-state index is 0.225. The zero-order valence-corrected chi connectivity index (χ0v) is 12.7. The second-order valence-corrected chi connectivity index (χ2v) is 4.81. The number of hydrogen-bond donors (Lipinski definition) is 0. The average molecular weight is 291 g/mol. The topological polar surface area (TPSA) is 65.2 Å². The number of imidazole rings is 2. The van der Waals surface area contributed by atoms with Gasteiger partial charge >= 0.3 is 5.97 Å². The van der Waals surface area contributed by atoms with E-state index in [1.54, 1.807) is 12.4 Å². The summed E-state index contributed by atoms with van der Waals surface area (Å²) < 4.78 is 9.02. The summed E-state index contributed by atoms with van der Waals surface area (Å²) in [5.74, 6) is 1.59. The van der Waals surface area contributed by atoms with Crippen molar-refractivity contribution < 1.29 is 9.53 Å². The van der Waals surface area contributed by atoms with Crippen LogP contribution in [0, 0.1) is 13.8 Å². The third kappa shape index (κ3) is 4.16. The minimum atomic E-state index is -0.229. The van der Waals surface area contributed by atoms with Crippen molar-refractivity contribution >= 4 is 5.97 Å². The highest BCUT2D eigenvalue weighted by Gasteiger charge is 2.14. The van der Waals surface area contributed by atoms with Crippen LogP contribution in [0.2, 0.25) is 0 Å². The van der Waals surface area contributed by atoms with Gasteiger partial charge in [0.25, 0.3) is 0 Å². The van der Waals surface area contributed by atoms with Crippen LogP contribution in [0.25, 0.3) is 0 Å². The van der Waals surface area contributed by atoms with Gasteiger partial charge in [0.2, 0.25) is 0 Å². The summed E-state index contributed by atoms with van der Waals surface area (Å²) in [6.07, 6.45) is 7.29. The van der Waals surface area contributed by atoms with Crippen LogP contribution in [0.3, 0.4) is 0 Å². The maximum absolute atomic E-state index is 11.8. The van der Waals surface area contributed by atoms with Gasteiger partial charge < -0.3 is 13.9 Å². The third-order valence-electron chi connectivity index (χ3n) is 3.21. The van der Waals surface area contributed by atoms with Gasteiger partial charge in [0.05, 0.1) is 26.5 Å². The lowest BCUT2D eigenvalue weighted by molar-refractivity contribution is -0.145. The molecule has 0 aliphatic heterocycles. The summed E-state index contributed by atoms with van der Waals surface area (Å²) in [5, 5.41) is 0. The Hall–Kier alpha value is -2.15. The van der Waals surface area contributed by atoms with Crippen LogP contribution in [0.1, 0.15) is 18.6 Å². The summed E-state index contributed by atoms with van der Waals surface area (Å²) in [6, 6.07) is 0. The molecule has 114 valence electrons. The Labute approximate surface area is 124 Å². The second-order valence-electron chi connectivity index (χ2n) is 4.81. The highest BCUT2D eigenvalue weighted by Crippen LogP contribution is 2.04. The molecule has 0 bridgehead atoms. The molecule has 21 heavy (non-hydrogen) atoms. The summed E-state index contributed by atoms with van der Waals surface area (Å²) in [7, 11) is 0. The molecule has 0 atom stereocenters. The van der Waals surface area contributed by atoms with Crippen molar-refractivity contribution in [1.82, 2.24) is 24.0 Å². The molecule has 2 heterocycles. The van der Waals surface area contributed by atoms with E-state index in [2.05, 4.69) is 9.97 Å². The standard InChI is InChI=1S/C14H21N5O2/c1-4-21-14(20)9-17(10-18-7-5-15-12(18)2)11-19-8-6-16-13(19)3/h5-8H,4,9-11H2,1-3H3. The van der Waals surface area contributed by atoms with Crippen molar-refractivity contribution in [2.45, 2.75) is 34.1 Å². The molecule has 0 aliphatic rings. The lowest BCUT2D eigenvalue weighted by atomic mass is 10.5. The van der Waals surface area contributed by atoms with Crippen molar-refractivity contribution in [3.63, 3.8) is 0 Å². The molecule has 0 spiro atoms. The summed E-state index contributed by atoms with van der Waals surface area (Å²) in [4.78, 5) is 22.2. The lowest BCUT2D eigenvalue weighted by Crippen LogP contribution is -2.34. The number of aromatic nitrogens is 4. The van der Waals surface area contributed by atoms with Crippen molar-refractivity contribution in [2.24, 2.45) is 0 Å². The zero-order chi connectivity index (χ0) is 15.2. The highest BCUT2D eigenvalue weighted by atomic mass is 16.5. The third-order valence-corrected chi connectivity index (χ3v) is 3.21. The predicted molar refractivity (Wildman–Crippen MR) is 77.3 cm³/mol. The van der Waals surface area contributed by atoms with E-state index in [9.17, 15) is 4.79 Å². The predicted octanol–water partition coefficient (Wildman–Crippen LogP) is 1.18. The van der Waals surface area contributed by atoms with E-state index >= 15 is 0 Å². The number of nitrogens with zero attached hydrogens (tertiary/aromatic N) is 5. The molecule has 2 aromatic rings. The van der Waals surface area contributed by atoms with Crippen LogP contribution >= 0.6 is 0 Å². The number of esters is 1. The fraction of sp³-hybridized carbons (Fsp3) is 0.500. The van der Waals surface area contributed by atoms with E-state index in [1.165, 1.54) is 0 Å². The maximum atomic E-state index is 11.8. The van der Waals surface area contributed by atoms with Crippen LogP contribution < -0.4 is 0 Å². The summed E-state index contributed by atoms with van der Waals surface area (Å²) in [5.41, 5.74) is 0. The monoisotopic (exact) mass is 291 g/mol. The fourth-order valence-electron chi connectivity index (χ4n) is 2.07. The van der Waals surface area contributed by atoms with Crippen molar-refractivity contribution in [3.8, 4) is 0 Å². The first kappa shape index (κ1) is 15.2. The van der Waals surface area contributed by atoms with Gasteiger partial charge in [-0.25, -0.2) is 9.97 Å². The number of aryl methyl sites for hydroxylation is 2. The molecule has 0 radical (unpaired) electrons. The molecular formula is C14H21N5O2. The smallest absolute Gasteiger partial charge is 0.320 e. The number of hydrogen-bond acceptors (Lipinski definition) is 5. The first-order valence-electron chi connectivity index (χ1n) is 6.93. The van der Waals surface area contributed by atoms with Gasteiger partial charge in [0.1, 0.15) is 11.6 Å². The highest BCUT2D eigenvalue weighted by molar-refractivity contribution is 5.71. The Morgan fingerprint density at radius 2 is 1.67 bits per heavy atom. The SMILES string of the molecule is CCOC(=O)CN(Cn1ccnc1C)Cn1ccnc1C. The molecule has 2 aromatic heterocycles. The number of rotatable bonds is 7. The van der Waals surface area contributed by atoms with E-state index in [-0.39, 0.29) is 12.5 Å². The Morgan fingerprint density at radius 1 is 1.14 bits per heavy atom. The van der Waals surface area contributed by atoms with Crippen molar-refractivity contribution in [1.29, 1.82) is 0 Å². The first-order chi connectivity index (χ1) is 10.1. The lowest BCUT2D eigenvalue weighted by Gasteiger charge is -2.23. The normalized spacial score (nSPS) is 11.0. The molecule has 0 unspecified atom stereocenters. The average Bonchev–Trinajstić information content (AvgIpc) is 3.00. The quantitative estimate of drug-likeness (QED) is 0.717. The van der Waals surface area contributed by atoms with Crippen molar-refractivity contribution in [2.75, 3.05) is 13.2 Å². The van der Waals surface area contributed by atoms with Gasteiger partial charge in [-0.1, -0.05) is 0 Å². The van der Waals surface area contributed by atoms with E-state index < -0.39 is 0 Å². The van der Waals surface area contributed by atoms with E-state index in [4.69, 9.17) is 4.74 Å². The molecule has 2 rings (SSSR count). The van der Waals surface area contributed by atoms with Crippen molar-refractivity contribution in [3.05, 3.63) is 36.4 Å². The number of ether oxygens (including phenoxy) is 1. The maximum Gasteiger partial charge on any atom is 0.320 e. The largest absolute Gasteiger partial charge is 0.465 e. The van der Waals surface area contributed by atoms with Crippen LogP contribution in [0.15, 0.2) is 24.8 Å². The van der Waals surface area contributed by atoms with Crippen LogP contribution in [-0.2, 0) is 22.9 Å². The molecule has 7 heteroatoms. The molecular weight excluding hydrogens is 270 g/mol. The van der Waals surface area contributed by atoms with Gasteiger partial charge in [-0.05, 0) is 20.8 Å². The van der Waals surface area contributed by atoms with Gasteiger partial charge in [-0.2, -0.15) is 0 Å². The van der Waals surface area contributed by atoms with Gasteiger partial charge in [-0.15, -0.1) is 0 Å². The minimum Gasteiger partial charge on any atom is -0.465 e. The molecule has 0 aliphatic carbocycles. The van der Waals surface area contributed by atoms with Gasteiger partial charge in [-0.3, -0.25) is 9.69 Å². The van der Waals surface area contributed by atoms with Gasteiger partial charge in [0, 0.05) is 24.8 Å². The van der Waals surface area contributed by atoms with E-state index in [1.807, 2.05) is 47.2 Å². The fourth-order valence-corrected chi connectivity index (χ4v) is 2.07. The molecule has 0 saturated heterocycles. The molecule has 0 aromatic carbocycles. The first-order valence-corrected chi connectivity index (χ1v) is 6.93. The van der Waals surface area contributed by atoms with Crippen LogP contribution in [0.4, 0.5) is 0 Å². The second kappa shape index (κ2) is 7.03. The molecule has 7 nitrogen and oxygen atoms in total. The number of carbonyl (C=O) groups excluding carboxylic acids is 1. The van der Waals surface area contributed by atoms with Crippen LogP contribution in [-0.4, -0.2) is 43.1 Å². The summed E-state index contributed by atoms with van der Waals surface area (Å²) in [6.45, 7) is 7.44. The van der Waals surface area contributed by atoms with Gasteiger partial charge in [0.15, 0.2) is 0 Å².